The molecule has 2 amide bonds. The molecule has 25 heavy (non-hydrogen) atoms. The number of rotatable bonds is 3. The first kappa shape index (κ1) is 16.7. The van der Waals surface area contributed by atoms with E-state index in [1.807, 2.05) is 20.0 Å². The quantitative estimate of drug-likeness (QED) is 0.568. The molecule has 0 fully saturated rings. The number of amides is 2. The lowest BCUT2D eigenvalue weighted by atomic mass is 10.1. The summed E-state index contributed by atoms with van der Waals surface area (Å²) in [5.74, 6) is 0. The van der Waals surface area contributed by atoms with Crippen molar-refractivity contribution in [3.63, 3.8) is 0 Å². The Balaban J connectivity index is 2.17. The predicted octanol–water partition coefficient (Wildman–Crippen LogP) is 3.66. The zero-order valence-corrected chi connectivity index (χ0v) is 14.2. The van der Waals surface area contributed by atoms with Crippen LogP contribution in [0.25, 0.3) is 10.9 Å². The van der Waals surface area contributed by atoms with Crippen molar-refractivity contribution >= 4 is 45.6 Å². The van der Waals surface area contributed by atoms with Gasteiger partial charge in [0.25, 0.3) is 5.69 Å². The van der Waals surface area contributed by atoms with Crippen LogP contribution < -0.4 is 10.6 Å². The second-order valence-electron chi connectivity index (χ2n) is 5.51. The van der Waals surface area contributed by atoms with Gasteiger partial charge in [0, 0.05) is 35.3 Å². The van der Waals surface area contributed by atoms with Crippen LogP contribution in [0.3, 0.4) is 0 Å². The van der Waals surface area contributed by atoms with Crippen molar-refractivity contribution in [3.8, 4) is 0 Å². The first-order chi connectivity index (χ1) is 11.8. The number of hydrogen-bond acceptors (Lipinski definition) is 4. The van der Waals surface area contributed by atoms with Gasteiger partial charge in [-0.15, -0.1) is 0 Å². The molecule has 0 aliphatic rings. The standard InChI is InChI=1S/C16H14ClN5O3/c1-9-14-4-3-11(8-15(14)19-20(9)2)21(16(18)23)12-5-10(17)6-13(7-12)22(24)25/h3-8H,1-2H3,(H2,18,23). The zero-order valence-electron chi connectivity index (χ0n) is 13.4. The smallest absolute Gasteiger partial charge is 0.323 e. The highest BCUT2D eigenvalue weighted by Crippen LogP contribution is 2.33. The third-order valence-corrected chi connectivity index (χ3v) is 4.15. The Morgan fingerprint density at radius 3 is 2.64 bits per heavy atom. The number of anilines is 2. The highest BCUT2D eigenvalue weighted by molar-refractivity contribution is 6.31. The van der Waals surface area contributed by atoms with E-state index in [0.717, 1.165) is 16.0 Å². The van der Waals surface area contributed by atoms with Gasteiger partial charge in [-0.1, -0.05) is 11.6 Å². The topological polar surface area (TPSA) is 107 Å². The summed E-state index contributed by atoms with van der Waals surface area (Å²) in [4.78, 5) is 23.6. The van der Waals surface area contributed by atoms with Crippen LogP contribution >= 0.6 is 11.6 Å². The van der Waals surface area contributed by atoms with Crippen molar-refractivity contribution < 1.29 is 9.72 Å². The molecule has 1 aromatic heterocycles. The molecule has 8 nitrogen and oxygen atoms in total. The van der Waals surface area contributed by atoms with Crippen molar-refractivity contribution in [1.29, 1.82) is 0 Å². The summed E-state index contributed by atoms with van der Waals surface area (Å²) in [6, 6.07) is 8.31. The molecule has 128 valence electrons. The van der Waals surface area contributed by atoms with E-state index in [1.54, 1.807) is 16.8 Å². The number of halogens is 1. The second-order valence-corrected chi connectivity index (χ2v) is 5.95. The van der Waals surface area contributed by atoms with E-state index in [1.165, 1.54) is 18.2 Å². The Labute approximate surface area is 147 Å². The van der Waals surface area contributed by atoms with Crippen LogP contribution in [0.4, 0.5) is 21.9 Å². The monoisotopic (exact) mass is 359 g/mol. The maximum absolute atomic E-state index is 12.0. The van der Waals surface area contributed by atoms with Gasteiger partial charge in [-0.25, -0.2) is 4.79 Å². The molecule has 0 aliphatic carbocycles. The molecule has 0 saturated carbocycles. The van der Waals surface area contributed by atoms with E-state index in [4.69, 9.17) is 17.3 Å². The first-order valence-electron chi connectivity index (χ1n) is 7.26. The lowest BCUT2D eigenvalue weighted by Crippen LogP contribution is -2.31. The third-order valence-electron chi connectivity index (χ3n) is 3.93. The van der Waals surface area contributed by atoms with Gasteiger partial charge >= 0.3 is 6.03 Å². The number of carbonyl (C=O) groups is 1. The Hall–Kier alpha value is -3.13. The number of hydrogen-bond donors (Lipinski definition) is 1. The summed E-state index contributed by atoms with van der Waals surface area (Å²) in [5, 5.41) is 16.5. The second kappa shape index (κ2) is 6.06. The van der Waals surface area contributed by atoms with Crippen LogP contribution in [0.15, 0.2) is 36.4 Å². The van der Waals surface area contributed by atoms with Crippen LogP contribution in [0.2, 0.25) is 5.02 Å². The van der Waals surface area contributed by atoms with Crippen LogP contribution in [0.5, 0.6) is 0 Å². The van der Waals surface area contributed by atoms with Crippen LogP contribution in [0.1, 0.15) is 5.69 Å². The molecule has 3 aromatic rings. The molecular formula is C16H14ClN5O3. The molecular weight excluding hydrogens is 346 g/mol. The highest BCUT2D eigenvalue weighted by Gasteiger charge is 2.20. The predicted molar refractivity (Wildman–Crippen MR) is 95.3 cm³/mol. The average Bonchev–Trinajstić information content (AvgIpc) is 2.81. The summed E-state index contributed by atoms with van der Waals surface area (Å²) in [6.45, 7) is 1.93. The minimum atomic E-state index is -0.788. The molecule has 9 heteroatoms. The number of nitro benzene ring substituents is 1. The van der Waals surface area contributed by atoms with Gasteiger partial charge in [-0.3, -0.25) is 19.7 Å². The molecule has 1 heterocycles. The molecule has 0 spiro atoms. The number of non-ortho nitro benzene ring substituents is 1. The summed E-state index contributed by atoms with van der Waals surface area (Å²) in [7, 11) is 1.82. The van der Waals surface area contributed by atoms with Gasteiger partial charge in [0.2, 0.25) is 0 Å². The Morgan fingerprint density at radius 2 is 2.00 bits per heavy atom. The number of nitro groups is 1. The highest BCUT2D eigenvalue weighted by atomic mass is 35.5. The van der Waals surface area contributed by atoms with E-state index in [9.17, 15) is 14.9 Å². The molecule has 0 unspecified atom stereocenters. The molecule has 0 aliphatic heterocycles. The third kappa shape index (κ3) is 2.99. The van der Waals surface area contributed by atoms with E-state index < -0.39 is 11.0 Å². The van der Waals surface area contributed by atoms with Gasteiger partial charge in [0.05, 0.1) is 21.8 Å². The number of aromatic nitrogens is 2. The zero-order chi connectivity index (χ0) is 18.3. The number of urea groups is 1. The lowest BCUT2D eigenvalue weighted by Gasteiger charge is -2.20. The average molecular weight is 360 g/mol. The summed E-state index contributed by atoms with van der Waals surface area (Å²) < 4.78 is 1.73. The van der Waals surface area contributed by atoms with Crippen molar-refractivity contribution in [2.75, 3.05) is 4.90 Å². The molecule has 0 saturated heterocycles. The number of benzene rings is 2. The molecule has 0 bridgehead atoms. The molecule has 2 aromatic carbocycles. The molecule has 2 N–H and O–H groups in total. The van der Waals surface area contributed by atoms with E-state index >= 15 is 0 Å². The van der Waals surface area contributed by atoms with Gasteiger partial charge in [-0.05, 0) is 31.2 Å². The first-order valence-corrected chi connectivity index (χ1v) is 7.63. The minimum Gasteiger partial charge on any atom is -0.351 e. The van der Waals surface area contributed by atoms with Crippen molar-refractivity contribution in [3.05, 3.63) is 57.2 Å². The number of nitrogens with two attached hydrogens (primary N) is 1. The SMILES string of the molecule is Cc1c2ccc(N(C(N)=O)c3cc(Cl)cc([N+](=O)[O-])c3)cc2nn1C. The fourth-order valence-electron chi connectivity index (χ4n) is 2.66. The molecule has 0 radical (unpaired) electrons. The van der Waals surface area contributed by atoms with Gasteiger partial charge < -0.3 is 5.73 Å². The van der Waals surface area contributed by atoms with E-state index in [-0.39, 0.29) is 16.4 Å². The summed E-state index contributed by atoms with van der Waals surface area (Å²) in [6.07, 6.45) is 0. The Morgan fingerprint density at radius 1 is 1.28 bits per heavy atom. The van der Waals surface area contributed by atoms with Crippen LogP contribution in [-0.4, -0.2) is 20.7 Å². The van der Waals surface area contributed by atoms with E-state index in [0.29, 0.717) is 11.2 Å². The maximum Gasteiger partial charge on any atom is 0.323 e. The fourth-order valence-corrected chi connectivity index (χ4v) is 2.88. The Bertz CT molecular complexity index is 1010. The number of fused-ring (bicyclic) bond motifs is 1. The van der Waals surface area contributed by atoms with Crippen molar-refractivity contribution in [2.24, 2.45) is 12.8 Å². The van der Waals surface area contributed by atoms with Crippen molar-refractivity contribution in [2.45, 2.75) is 6.92 Å². The summed E-state index contributed by atoms with van der Waals surface area (Å²) >= 11 is 5.95. The maximum atomic E-state index is 12.0. The van der Waals surface area contributed by atoms with Crippen molar-refractivity contribution in [1.82, 2.24) is 9.78 Å². The van der Waals surface area contributed by atoms with E-state index in [2.05, 4.69) is 5.10 Å². The lowest BCUT2D eigenvalue weighted by molar-refractivity contribution is -0.384. The van der Waals surface area contributed by atoms with Gasteiger partial charge in [0.15, 0.2) is 0 Å². The number of carbonyl (C=O) groups excluding carboxylic acids is 1. The van der Waals surface area contributed by atoms with Crippen LogP contribution in [0, 0.1) is 17.0 Å². The molecule has 3 rings (SSSR count). The largest absolute Gasteiger partial charge is 0.351 e. The minimum absolute atomic E-state index is 0.130. The summed E-state index contributed by atoms with van der Waals surface area (Å²) in [5.41, 5.74) is 7.58. The van der Waals surface area contributed by atoms with Gasteiger partial charge in [-0.2, -0.15) is 5.10 Å². The Kier molecular flexibility index (Phi) is 4.05. The molecule has 0 atom stereocenters. The fraction of sp³-hybridized carbons (Fsp3) is 0.125. The number of nitrogens with zero attached hydrogens (tertiary/aromatic N) is 4. The normalized spacial score (nSPS) is 10.8. The number of primary amides is 1. The number of aryl methyl sites for hydroxylation is 2. The van der Waals surface area contributed by atoms with Crippen LogP contribution in [-0.2, 0) is 7.05 Å². The van der Waals surface area contributed by atoms with Gasteiger partial charge in [0.1, 0.15) is 0 Å².